The van der Waals surface area contributed by atoms with Crippen LogP contribution in [0.25, 0.3) is 11.1 Å². The van der Waals surface area contributed by atoms with Crippen molar-refractivity contribution in [1.29, 1.82) is 0 Å². The number of carbonyl (C=O) groups is 1. The number of amides is 1. The molecule has 0 aliphatic heterocycles. The van der Waals surface area contributed by atoms with Crippen molar-refractivity contribution in [2.24, 2.45) is 5.92 Å². The number of para-hydroxylation sites is 2. The molecule has 0 radical (unpaired) electrons. The number of hydrogen-bond donors (Lipinski definition) is 2. The van der Waals surface area contributed by atoms with Gasteiger partial charge in [0, 0.05) is 4.88 Å². The van der Waals surface area contributed by atoms with Crippen molar-refractivity contribution in [3.8, 4) is 0 Å². The summed E-state index contributed by atoms with van der Waals surface area (Å²) in [6.45, 7) is 0.00256. The van der Waals surface area contributed by atoms with Gasteiger partial charge in [-0.15, -0.1) is 11.3 Å². The molecule has 6 nitrogen and oxygen atoms in total. The van der Waals surface area contributed by atoms with Gasteiger partial charge in [0.2, 0.25) is 5.91 Å². The maximum absolute atomic E-state index is 12.3. The molecular formula is C18H18N2O4S. The third-order valence-electron chi connectivity index (χ3n) is 4.63. The Hall–Kier alpha value is -2.38. The zero-order valence-electron chi connectivity index (χ0n) is 13.5. The number of nitrogens with one attached hydrogen (secondary N) is 1. The Morgan fingerprint density at radius 1 is 1.32 bits per heavy atom. The van der Waals surface area contributed by atoms with E-state index in [0.717, 1.165) is 17.7 Å². The lowest BCUT2D eigenvalue weighted by Gasteiger charge is -2.27. The molecule has 2 N–H and O–H groups in total. The van der Waals surface area contributed by atoms with Crippen LogP contribution in [0.5, 0.6) is 0 Å². The minimum absolute atomic E-state index is 0.138. The van der Waals surface area contributed by atoms with Crippen molar-refractivity contribution in [3.05, 3.63) is 57.2 Å². The molecule has 7 heteroatoms. The van der Waals surface area contributed by atoms with E-state index in [1.165, 1.54) is 15.9 Å². The number of nitrogens with zero attached hydrogens (tertiary/aromatic N) is 1. The van der Waals surface area contributed by atoms with Gasteiger partial charge < -0.3 is 14.8 Å². The molecule has 2 aromatic heterocycles. The fourth-order valence-corrected chi connectivity index (χ4v) is 4.02. The van der Waals surface area contributed by atoms with Crippen LogP contribution >= 0.6 is 11.3 Å². The lowest BCUT2D eigenvalue weighted by Crippen LogP contribution is -2.43. The molecule has 0 unspecified atom stereocenters. The summed E-state index contributed by atoms with van der Waals surface area (Å²) in [6.07, 6.45) is 1.91. The first-order valence-electron chi connectivity index (χ1n) is 8.19. The number of carbonyl (C=O) groups excluding carboxylic acids is 1. The SMILES string of the molecule is O=C(Cn1c(=O)oc2ccccc21)NC[C@](O)(c1cccs1)C1CC1. The van der Waals surface area contributed by atoms with E-state index in [2.05, 4.69) is 5.32 Å². The van der Waals surface area contributed by atoms with E-state index in [1.807, 2.05) is 17.5 Å². The van der Waals surface area contributed by atoms with E-state index < -0.39 is 11.4 Å². The van der Waals surface area contributed by atoms with Crippen LogP contribution in [0.4, 0.5) is 0 Å². The van der Waals surface area contributed by atoms with Gasteiger partial charge in [0.05, 0.1) is 12.1 Å². The highest BCUT2D eigenvalue weighted by Gasteiger charge is 2.45. The number of aliphatic hydroxyl groups is 1. The molecule has 1 atom stereocenters. The topological polar surface area (TPSA) is 84.5 Å². The molecule has 3 aromatic rings. The second-order valence-corrected chi connectivity index (χ2v) is 7.32. The van der Waals surface area contributed by atoms with Crippen molar-refractivity contribution in [2.75, 3.05) is 6.54 Å². The average Bonchev–Trinajstić information content (AvgIpc) is 3.23. The van der Waals surface area contributed by atoms with Gasteiger partial charge in [-0.05, 0) is 42.3 Å². The normalized spacial score (nSPS) is 16.7. The summed E-state index contributed by atoms with van der Waals surface area (Å²) in [5.74, 6) is -0.722. The van der Waals surface area contributed by atoms with Crippen LogP contribution in [0.2, 0.25) is 0 Å². The minimum Gasteiger partial charge on any atom is -0.408 e. The molecule has 0 bridgehead atoms. The fourth-order valence-electron chi connectivity index (χ4n) is 3.11. The third-order valence-corrected chi connectivity index (χ3v) is 5.67. The van der Waals surface area contributed by atoms with Crippen LogP contribution in [0.15, 0.2) is 51.0 Å². The Bertz CT molecular complexity index is 955. The standard InChI is InChI=1S/C18H18N2O4S/c21-16(10-20-13-4-1-2-5-14(13)24-17(20)22)19-11-18(23,12-7-8-12)15-6-3-9-25-15/h1-6,9,12,23H,7-8,10-11H2,(H,19,21)/t18-/m1/s1. The fraction of sp³-hybridized carbons (Fsp3) is 0.333. The molecule has 1 amide bonds. The summed E-state index contributed by atoms with van der Waals surface area (Å²) < 4.78 is 6.43. The number of fused-ring (bicyclic) bond motifs is 1. The second kappa shape index (κ2) is 6.16. The lowest BCUT2D eigenvalue weighted by atomic mass is 9.95. The summed E-state index contributed by atoms with van der Waals surface area (Å²) in [4.78, 5) is 25.2. The molecule has 2 heterocycles. The van der Waals surface area contributed by atoms with Crippen molar-refractivity contribution in [1.82, 2.24) is 9.88 Å². The predicted octanol–water partition coefficient (Wildman–Crippen LogP) is 2.07. The highest BCUT2D eigenvalue weighted by atomic mass is 32.1. The Kier molecular flexibility index (Phi) is 3.97. The van der Waals surface area contributed by atoms with Gasteiger partial charge in [0.15, 0.2) is 5.58 Å². The molecule has 0 spiro atoms. The van der Waals surface area contributed by atoms with E-state index in [4.69, 9.17) is 4.42 Å². The molecule has 1 aromatic carbocycles. The molecule has 4 rings (SSSR count). The summed E-state index contributed by atoms with van der Waals surface area (Å²) in [6, 6.07) is 10.8. The molecule has 1 saturated carbocycles. The first-order valence-corrected chi connectivity index (χ1v) is 9.07. The van der Waals surface area contributed by atoms with E-state index in [-0.39, 0.29) is 24.9 Å². The molecule has 130 valence electrons. The number of benzene rings is 1. The summed E-state index contributed by atoms with van der Waals surface area (Å²) >= 11 is 1.49. The smallest absolute Gasteiger partial charge is 0.408 e. The zero-order chi connectivity index (χ0) is 17.4. The summed E-state index contributed by atoms with van der Waals surface area (Å²) in [5, 5.41) is 15.7. The number of hydrogen-bond acceptors (Lipinski definition) is 5. The van der Waals surface area contributed by atoms with Crippen LogP contribution < -0.4 is 11.1 Å². The summed E-state index contributed by atoms with van der Waals surface area (Å²) in [7, 11) is 0. The highest BCUT2D eigenvalue weighted by Crippen LogP contribution is 2.46. The largest absolute Gasteiger partial charge is 0.420 e. The third kappa shape index (κ3) is 3.01. The monoisotopic (exact) mass is 358 g/mol. The molecule has 1 aliphatic carbocycles. The van der Waals surface area contributed by atoms with Gasteiger partial charge in [-0.25, -0.2) is 4.79 Å². The van der Waals surface area contributed by atoms with Gasteiger partial charge >= 0.3 is 5.76 Å². The number of thiophene rings is 1. The Balaban J connectivity index is 1.49. The summed E-state index contributed by atoms with van der Waals surface area (Å²) in [5.41, 5.74) is -0.000461. The number of aromatic nitrogens is 1. The van der Waals surface area contributed by atoms with Gasteiger partial charge in [0.1, 0.15) is 12.1 Å². The first-order chi connectivity index (χ1) is 12.1. The predicted molar refractivity (Wildman–Crippen MR) is 94.4 cm³/mol. The van der Waals surface area contributed by atoms with Gasteiger partial charge in [-0.1, -0.05) is 18.2 Å². The quantitative estimate of drug-likeness (QED) is 0.706. The van der Waals surface area contributed by atoms with Gasteiger partial charge in [-0.3, -0.25) is 9.36 Å². The van der Waals surface area contributed by atoms with E-state index in [1.54, 1.807) is 24.3 Å². The average molecular weight is 358 g/mol. The van der Waals surface area contributed by atoms with E-state index >= 15 is 0 Å². The van der Waals surface area contributed by atoms with Crippen LogP contribution in [0.3, 0.4) is 0 Å². The van der Waals surface area contributed by atoms with Crippen LogP contribution in [0.1, 0.15) is 17.7 Å². The molecule has 1 fully saturated rings. The maximum Gasteiger partial charge on any atom is 0.420 e. The number of rotatable bonds is 6. The lowest BCUT2D eigenvalue weighted by molar-refractivity contribution is -0.123. The van der Waals surface area contributed by atoms with Gasteiger partial charge in [0.25, 0.3) is 0 Å². The Morgan fingerprint density at radius 3 is 2.84 bits per heavy atom. The minimum atomic E-state index is -1.03. The number of oxazole rings is 1. The maximum atomic E-state index is 12.3. The first kappa shape index (κ1) is 16.1. The van der Waals surface area contributed by atoms with Crippen molar-refractivity contribution in [2.45, 2.75) is 25.0 Å². The van der Waals surface area contributed by atoms with Crippen molar-refractivity contribution in [3.63, 3.8) is 0 Å². The van der Waals surface area contributed by atoms with Crippen molar-refractivity contribution < 1.29 is 14.3 Å². The van der Waals surface area contributed by atoms with Gasteiger partial charge in [-0.2, -0.15) is 0 Å². The molecular weight excluding hydrogens is 340 g/mol. The van der Waals surface area contributed by atoms with Crippen LogP contribution in [-0.4, -0.2) is 22.1 Å². The van der Waals surface area contributed by atoms with Crippen molar-refractivity contribution >= 4 is 28.3 Å². The zero-order valence-corrected chi connectivity index (χ0v) is 14.3. The molecule has 1 aliphatic rings. The second-order valence-electron chi connectivity index (χ2n) is 6.37. The highest BCUT2D eigenvalue weighted by molar-refractivity contribution is 7.10. The van der Waals surface area contributed by atoms with Crippen LogP contribution in [-0.2, 0) is 16.9 Å². The van der Waals surface area contributed by atoms with E-state index in [0.29, 0.717) is 11.1 Å². The molecule has 0 saturated heterocycles. The van der Waals surface area contributed by atoms with Crippen LogP contribution in [0, 0.1) is 5.92 Å². The van der Waals surface area contributed by atoms with E-state index in [9.17, 15) is 14.7 Å². The Labute approximate surface area is 147 Å². The molecule has 25 heavy (non-hydrogen) atoms. The Morgan fingerprint density at radius 2 is 2.12 bits per heavy atom.